The number of rotatable bonds is 8. The molecule has 1 unspecified atom stereocenters. The minimum absolute atomic E-state index is 0.486. The lowest BCUT2D eigenvalue weighted by atomic mass is 9.93. The van der Waals surface area contributed by atoms with Crippen LogP contribution in [-0.2, 0) is 13.1 Å². The number of hydrogen-bond donors (Lipinski definition) is 0. The Bertz CT molecular complexity index is 884. The van der Waals surface area contributed by atoms with Crippen molar-refractivity contribution >= 4 is 0 Å². The molecule has 1 saturated heterocycles. The van der Waals surface area contributed by atoms with Crippen LogP contribution in [0, 0.1) is 11.8 Å². The molecule has 0 saturated carbocycles. The molecule has 32 heavy (non-hydrogen) atoms. The van der Waals surface area contributed by atoms with Crippen molar-refractivity contribution in [2.75, 3.05) is 32.8 Å². The molecule has 2 aromatic rings. The maximum absolute atomic E-state index is 5.86. The van der Waals surface area contributed by atoms with Crippen molar-refractivity contribution in [3.63, 3.8) is 0 Å². The van der Waals surface area contributed by atoms with Crippen molar-refractivity contribution in [2.45, 2.75) is 46.2 Å². The Labute approximate surface area is 193 Å². The average molecular weight is 436 g/mol. The van der Waals surface area contributed by atoms with Gasteiger partial charge >= 0.3 is 0 Å². The van der Waals surface area contributed by atoms with Gasteiger partial charge in [0.15, 0.2) is 5.75 Å². The van der Waals surface area contributed by atoms with E-state index in [-0.39, 0.29) is 0 Å². The summed E-state index contributed by atoms with van der Waals surface area (Å²) in [5.41, 5.74) is 3.78. The molecule has 0 amide bonds. The van der Waals surface area contributed by atoms with Gasteiger partial charge in [0.2, 0.25) is 0 Å². The number of fused-ring (bicyclic) bond motifs is 1. The van der Waals surface area contributed by atoms with Crippen LogP contribution in [0.2, 0.25) is 0 Å². The molecule has 0 bridgehead atoms. The zero-order chi connectivity index (χ0) is 22.3. The van der Waals surface area contributed by atoms with Crippen molar-refractivity contribution < 1.29 is 9.47 Å². The van der Waals surface area contributed by atoms with E-state index < -0.39 is 0 Å². The Hall–Kier alpha value is -2.53. The van der Waals surface area contributed by atoms with E-state index in [0.29, 0.717) is 30.9 Å². The highest BCUT2D eigenvalue weighted by molar-refractivity contribution is 5.37. The predicted molar refractivity (Wildman–Crippen MR) is 129 cm³/mol. The molecular weight excluding hydrogens is 398 g/mol. The summed E-state index contributed by atoms with van der Waals surface area (Å²) in [5, 5.41) is 0. The fraction of sp³-hybridized carbons (Fsp3) is 0.519. The van der Waals surface area contributed by atoms with Crippen molar-refractivity contribution in [3.05, 3.63) is 66.0 Å². The SMILES string of the molecule is C=C(C1CCCN(Cc2ccccc2)C1)N(Cc1cnc2c(c1)OCCCO2)CC(C)C. The van der Waals surface area contributed by atoms with Crippen molar-refractivity contribution in [1.82, 2.24) is 14.8 Å². The number of hydrogen-bond acceptors (Lipinski definition) is 5. The van der Waals surface area contributed by atoms with E-state index in [1.165, 1.54) is 24.1 Å². The molecule has 0 spiro atoms. The zero-order valence-electron chi connectivity index (χ0n) is 19.6. The van der Waals surface area contributed by atoms with Gasteiger partial charge in [-0.1, -0.05) is 50.8 Å². The first-order valence-corrected chi connectivity index (χ1v) is 12.0. The van der Waals surface area contributed by atoms with Gasteiger partial charge in [-0.05, 0) is 42.5 Å². The number of piperidine rings is 1. The number of aromatic nitrogens is 1. The van der Waals surface area contributed by atoms with E-state index in [0.717, 1.165) is 50.5 Å². The van der Waals surface area contributed by atoms with Crippen LogP contribution in [0.15, 0.2) is 54.9 Å². The average Bonchev–Trinajstić information content (AvgIpc) is 3.04. The molecule has 1 aromatic heterocycles. The standard InChI is InChI=1S/C27H37N3O2/c1-21(2)17-30(19-24-15-26-27(28-16-24)32-14-8-13-31-26)22(3)25-11-7-12-29(20-25)18-23-9-5-4-6-10-23/h4-6,9-10,15-16,21,25H,3,7-8,11-14,17-20H2,1-2H3. The first-order valence-electron chi connectivity index (χ1n) is 12.0. The third-order valence-corrected chi connectivity index (χ3v) is 6.25. The lowest BCUT2D eigenvalue weighted by Crippen LogP contribution is -2.39. The second kappa shape index (κ2) is 10.9. The lowest BCUT2D eigenvalue weighted by molar-refractivity contribution is 0.155. The second-order valence-corrected chi connectivity index (χ2v) is 9.52. The molecule has 172 valence electrons. The molecule has 1 aromatic carbocycles. The highest BCUT2D eigenvalue weighted by Gasteiger charge is 2.26. The monoisotopic (exact) mass is 435 g/mol. The minimum atomic E-state index is 0.486. The van der Waals surface area contributed by atoms with Gasteiger partial charge in [-0.3, -0.25) is 4.90 Å². The van der Waals surface area contributed by atoms with Crippen LogP contribution in [0.4, 0.5) is 0 Å². The van der Waals surface area contributed by atoms with E-state index in [4.69, 9.17) is 9.47 Å². The van der Waals surface area contributed by atoms with Gasteiger partial charge < -0.3 is 14.4 Å². The molecule has 2 aliphatic heterocycles. The summed E-state index contributed by atoms with van der Waals surface area (Å²) in [6.45, 7) is 15.5. The quantitative estimate of drug-likeness (QED) is 0.575. The van der Waals surface area contributed by atoms with Crippen LogP contribution in [-0.4, -0.2) is 47.6 Å². The normalized spacial score (nSPS) is 18.9. The summed E-state index contributed by atoms with van der Waals surface area (Å²) in [6, 6.07) is 12.9. The third-order valence-electron chi connectivity index (χ3n) is 6.25. The number of benzene rings is 1. The Morgan fingerprint density at radius 1 is 1.16 bits per heavy atom. The Balaban J connectivity index is 1.44. The van der Waals surface area contributed by atoms with Crippen LogP contribution in [0.25, 0.3) is 0 Å². The number of pyridine rings is 1. The molecule has 3 heterocycles. The van der Waals surface area contributed by atoms with Gasteiger partial charge in [0.05, 0.1) is 13.2 Å². The van der Waals surface area contributed by atoms with Crippen molar-refractivity contribution in [1.29, 1.82) is 0 Å². The molecule has 0 N–H and O–H groups in total. The van der Waals surface area contributed by atoms with E-state index >= 15 is 0 Å². The highest BCUT2D eigenvalue weighted by Crippen LogP contribution is 2.31. The molecule has 0 radical (unpaired) electrons. The molecule has 1 fully saturated rings. The van der Waals surface area contributed by atoms with Gasteiger partial charge in [0, 0.05) is 50.4 Å². The topological polar surface area (TPSA) is 37.8 Å². The number of ether oxygens (including phenoxy) is 2. The smallest absolute Gasteiger partial charge is 0.257 e. The van der Waals surface area contributed by atoms with Crippen LogP contribution < -0.4 is 9.47 Å². The zero-order valence-corrected chi connectivity index (χ0v) is 19.6. The maximum Gasteiger partial charge on any atom is 0.257 e. The Morgan fingerprint density at radius 3 is 2.78 bits per heavy atom. The van der Waals surface area contributed by atoms with E-state index in [2.05, 4.69) is 71.6 Å². The van der Waals surface area contributed by atoms with Gasteiger partial charge in [-0.2, -0.15) is 0 Å². The largest absolute Gasteiger partial charge is 0.488 e. The third kappa shape index (κ3) is 6.04. The van der Waals surface area contributed by atoms with Gasteiger partial charge in [0.1, 0.15) is 0 Å². The van der Waals surface area contributed by atoms with E-state index in [9.17, 15) is 0 Å². The summed E-state index contributed by atoms with van der Waals surface area (Å²) >= 11 is 0. The Morgan fingerprint density at radius 2 is 1.97 bits per heavy atom. The highest BCUT2D eigenvalue weighted by atomic mass is 16.5. The lowest BCUT2D eigenvalue weighted by Gasteiger charge is -2.39. The number of likely N-dealkylation sites (tertiary alicyclic amines) is 1. The molecule has 0 aliphatic carbocycles. The summed E-state index contributed by atoms with van der Waals surface area (Å²) in [5.74, 6) is 2.43. The summed E-state index contributed by atoms with van der Waals surface area (Å²) in [6.07, 6.45) is 5.25. The van der Waals surface area contributed by atoms with Crippen LogP contribution in [0.3, 0.4) is 0 Å². The van der Waals surface area contributed by atoms with Crippen molar-refractivity contribution in [2.24, 2.45) is 11.8 Å². The van der Waals surface area contributed by atoms with Gasteiger partial charge in [-0.15, -0.1) is 0 Å². The molecular formula is C27H37N3O2. The molecule has 1 atom stereocenters. The minimum Gasteiger partial charge on any atom is -0.488 e. The molecule has 5 nitrogen and oxygen atoms in total. The first-order chi connectivity index (χ1) is 15.6. The van der Waals surface area contributed by atoms with Gasteiger partial charge in [0.25, 0.3) is 5.88 Å². The van der Waals surface area contributed by atoms with E-state index in [1.54, 1.807) is 0 Å². The van der Waals surface area contributed by atoms with Crippen LogP contribution >= 0.6 is 0 Å². The number of nitrogens with zero attached hydrogens (tertiary/aromatic N) is 3. The fourth-order valence-electron chi connectivity index (χ4n) is 4.70. The second-order valence-electron chi connectivity index (χ2n) is 9.52. The fourth-order valence-corrected chi connectivity index (χ4v) is 4.70. The van der Waals surface area contributed by atoms with Crippen LogP contribution in [0.1, 0.15) is 44.2 Å². The van der Waals surface area contributed by atoms with Crippen molar-refractivity contribution in [3.8, 4) is 11.6 Å². The van der Waals surface area contributed by atoms with Crippen LogP contribution in [0.5, 0.6) is 11.6 Å². The van der Waals surface area contributed by atoms with Gasteiger partial charge in [-0.25, -0.2) is 4.98 Å². The maximum atomic E-state index is 5.86. The molecule has 4 rings (SSSR count). The Kier molecular flexibility index (Phi) is 7.69. The summed E-state index contributed by atoms with van der Waals surface area (Å²) in [7, 11) is 0. The molecule has 5 heteroatoms. The first kappa shape index (κ1) is 22.7. The summed E-state index contributed by atoms with van der Waals surface area (Å²) < 4.78 is 11.6. The molecule has 2 aliphatic rings. The van der Waals surface area contributed by atoms with E-state index in [1.807, 2.05) is 6.20 Å². The summed E-state index contributed by atoms with van der Waals surface area (Å²) in [4.78, 5) is 9.57. The predicted octanol–water partition coefficient (Wildman–Crippen LogP) is 5.13.